The van der Waals surface area contributed by atoms with Crippen LogP contribution in [0.4, 0.5) is 17.1 Å². The Morgan fingerprint density at radius 2 is 0.800 bits per heavy atom. The second-order valence-corrected chi connectivity index (χ2v) is 15.3. The Balaban J connectivity index is 0.919. The van der Waals surface area contributed by atoms with Crippen molar-refractivity contribution in [2.75, 3.05) is 13.2 Å². The molecule has 6 rings (SSSR count). The van der Waals surface area contributed by atoms with Gasteiger partial charge in [-0.3, -0.25) is 4.99 Å². The maximum atomic E-state index is 13.0. The second kappa shape index (κ2) is 25.6. The Morgan fingerprint density at radius 3 is 1.31 bits per heavy atom. The van der Waals surface area contributed by atoms with Gasteiger partial charge >= 0.3 is 17.9 Å². The van der Waals surface area contributed by atoms with Crippen LogP contribution >= 0.6 is 0 Å². The number of hydrogen-bond donors (Lipinski definition) is 0. The summed E-state index contributed by atoms with van der Waals surface area (Å²) in [5.41, 5.74) is 3.88. The molecule has 0 aliphatic carbocycles. The van der Waals surface area contributed by atoms with Gasteiger partial charge in [0, 0.05) is 12.3 Å². The lowest BCUT2D eigenvalue weighted by molar-refractivity contribution is 0.0723. The van der Waals surface area contributed by atoms with Gasteiger partial charge in [0.15, 0.2) is 0 Å². The lowest BCUT2D eigenvalue weighted by Crippen LogP contribution is -2.11. The van der Waals surface area contributed by atoms with E-state index in [1.54, 1.807) is 72.9 Å². The minimum absolute atomic E-state index is 0.182. The van der Waals surface area contributed by atoms with E-state index in [1.165, 1.54) is 75.3 Å². The molecule has 0 atom stereocenters. The summed E-state index contributed by atoms with van der Waals surface area (Å²) >= 11 is 0. The van der Waals surface area contributed by atoms with E-state index in [2.05, 4.69) is 29.1 Å². The summed E-state index contributed by atoms with van der Waals surface area (Å²) in [5, 5.41) is 8.65. The highest BCUT2D eigenvalue weighted by molar-refractivity contribution is 5.94. The maximum absolute atomic E-state index is 13.0. The number of nitrogens with zero attached hydrogens (tertiary/aromatic N) is 3. The van der Waals surface area contributed by atoms with Crippen molar-refractivity contribution in [3.05, 3.63) is 168 Å². The number of unbranched alkanes of at least 4 members (excludes halogenated alkanes) is 8. The first kappa shape index (κ1) is 47.1. The van der Waals surface area contributed by atoms with E-state index in [0.29, 0.717) is 35.8 Å². The van der Waals surface area contributed by atoms with Crippen molar-refractivity contribution in [3.63, 3.8) is 0 Å². The summed E-state index contributed by atoms with van der Waals surface area (Å²) in [7, 11) is 0. The molecule has 0 bridgehead atoms. The molecule has 0 aromatic heterocycles. The Hall–Kier alpha value is -7.40. The molecule has 11 nitrogen and oxygen atoms in total. The molecular weight excluding hydrogens is 819 g/mol. The molecule has 0 spiro atoms. The molecular formula is C54H55N3O8. The molecule has 0 heterocycles. The van der Waals surface area contributed by atoms with Crippen LogP contribution in [0.25, 0.3) is 0 Å². The quantitative estimate of drug-likeness (QED) is 0.0193. The van der Waals surface area contributed by atoms with Crippen LogP contribution in [0.3, 0.4) is 0 Å². The third-order valence-corrected chi connectivity index (χ3v) is 10.1. The van der Waals surface area contributed by atoms with E-state index >= 15 is 0 Å². The summed E-state index contributed by atoms with van der Waals surface area (Å²) in [4.78, 5) is 43.2. The highest BCUT2D eigenvalue weighted by Gasteiger charge is 2.14. The van der Waals surface area contributed by atoms with Gasteiger partial charge in [-0.05, 0) is 140 Å². The molecule has 0 radical (unpaired) electrons. The maximum Gasteiger partial charge on any atom is 0.343 e. The fourth-order valence-electron chi connectivity index (χ4n) is 6.42. The lowest BCUT2D eigenvalue weighted by atomic mass is 10.1. The van der Waals surface area contributed by atoms with Crippen molar-refractivity contribution in [3.8, 4) is 28.7 Å². The van der Waals surface area contributed by atoms with E-state index in [-0.39, 0.29) is 22.8 Å². The molecule has 0 amide bonds. The van der Waals surface area contributed by atoms with Gasteiger partial charge in [0.25, 0.3) is 0 Å². The molecule has 0 N–H and O–H groups in total. The standard InChI is InChI=1S/C54H55N3O8/c1-3-5-7-9-10-12-37-61-47-30-20-42(21-31-47)52(58)63-49-32-22-43(23-33-49)54(60)65-51-15-13-14-50(38-51)64-53(59)41-18-16-40(17-19-41)39-55-44-24-26-45(27-25-44)56-57-46-28-34-48(35-29-46)62-36-11-8-6-4-2/h13-35,38-39H,3-12,36-37H2,1-2H3. The monoisotopic (exact) mass is 873 g/mol. The van der Waals surface area contributed by atoms with Crippen molar-refractivity contribution in [1.82, 2.24) is 0 Å². The van der Waals surface area contributed by atoms with Gasteiger partial charge < -0.3 is 23.7 Å². The number of esters is 3. The number of aliphatic imine (C=N–C) groups is 1. The Morgan fingerprint density at radius 1 is 0.415 bits per heavy atom. The lowest BCUT2D eigenvalue weighted by Gasteiger charge is -2.09. The molecule has 65 heavy (non-hydrogen) atoms. The van der Waals surface area contributed by atoms with E-state index in [0.717, 1.165) is 42.0 Å². The van der Waals surface area contributed by atoms with Crippen LogP contribution in [0, 0.1) is 0 Å². The minimum Gasteiger partial charge on any atom is -0.494 e. The molecule has 0 aliphatic heterocycles. The van der Waals surface area contributed by atoms with Crippen LogP contribution < -0.4 is 23.7 Å². The number of azo groups is 1. The van der Waals surface area contributed by atoms with Crippen LogP contribution in [-0.2, 0) is 0 Å². The van der Waals surface area contributed by atoms with Gasteiger partial charge in [-0.25, -0.2) is 14.4 Å². The average molecular weight is 874 g/mol. The van der Waals surface area contributed by atoms with Crippen molar-refractivity contribution in [2.45, 2.75) is 78.1 Å². The van der Waals surface area contributed by atoms with Crippen molar-refractivity contribution in [2.24, 2.45) is 15.2 Å². The van der Waals surface area contributed by atoms with Crippen molar-refractivity contribution < 1.29 is 38.1 Å². The second-order valence-electron chi connectivity index (χ2n) is 15.3. The third-order valence-electron chi connectivity index (χ3n) is 10.1. The number of carbonyl (C=O) groups excluding carboxylic acids is 3. The minimum atomic E-state index is -0.641. The SMILES string of the molecule is CCCCCCCCOc1ccc(C(=O)Oc2ccc(C(=O)Oc3cccc(OC(=O)c4ccc(C=Nc5ccc(N=Nc6ccc(OCCCCCC)cc6)cc5)cc4)c3)cc2)cc1. The predicted molar refractivity (Wildman–Crippen MR) is 253 cm³/mol. The first-order chi connectivity index (χ1) is 31.8. The Bertz CT molecular complexity index is 2470. The average Bonchev–Trinajstić information content (AvgIpc) is 3.33. The van der Waals surface area contributed by atoms with Crippen LogP contribution in [0.1, 0.15) is 115 Å². The molecule has 0 saturated carbocycles. The summed E-state index contributed by atoms with van der Waals surface area (Å²) in [6.45, 7) is 5.75. The largest absolute Gasteiger partial charge is 0.494 e. The molecule has 0 fully saturated rings. The molecule has 0 aliphatic rings. The fourth-order valence-corrected chi connectivity index (χ4v) is 6.42. The van der Waals surface area contributed by atoms with Gasteiger partial charge in [0.05, 0.1) is 47.0 Å². The molecule has 11 heteroatoms. The molecule has 6 aromatic rings. The van der Waals surface area contributed by atoms with Crippen LogP contribution in [0.15, 0.2) is 161 Å². The zero-order valence-electron chi connectivity index (χ0n) is 37.0. The zero-order chi connectivity index (χ0) is 45.5. The van der Waals surface area contributed by atoms with Crippen molar-refractivity contribution in [1.29, 1.82) is 0 Å². The van der Waals surface area contributed by atoms with Gasteiger partial charge in [0.1, 0.15) is 28.7 Å². The van der Waals surface area contributed by atoms with E-state index in [9.17, 15) is 14.4 Å². The number of rotatable bonds is 24. The predicted octanol–water partition coefficient (Wildman–Crippen LogP) is 14.2. The first-order valence-corrected chi connectivity index (χ1v) is 22.3. The highest BCUT2D eigenvalue weighted by atomic mass is 16.5. The number of benzene rings is 6. The summed E-state index contributed by atoms with van der Waals surface area (Å²) in [6.07, 6.45) is 13.5. The zero-order valence-corrected chi connectivity index (χ0v) is 37.0. The van der Waals surface area contributed by atoms with E-state index < -0.39 is 17.9 Å². The van der Waals surface area contributed by atoms with Crippen LogP contribution in [0.5, 0.6) is 28.7 Å². The topological polar surface area (TPSA) is 134 Å². The van der Waals surface area contributed by atoms with Gasteiger partial charge in [-0.1, -0.05) is 83.4 Å². The number of hydrogen-bond acceptors (Lipinski definition) is 11. The Kier molecular flexibility index (Phi) is 18.6. The molecule has 334 valence electrons. The number of carbonyl (C=O) groups is 3. The van der Waals surface area contributed by atoms with Gasteiger partial charge in [-0.2, -0.15) is 10.2 Å². The third kappa shape index (κ3) is 16.0. The molecule has 0 unspecified atom stereocenters. The van der Waals surface area contributed by atoms with Gasteiger partial charge in [0.2, 0.25) is 0 Å². The van der Waals surface area contributed by atoms with Crippen molar-refractivity contribution >= 4 is 41.2 Å². The van der Waals surface area contributed by atoms with Crippen LogP contribution in [-0.4, -0.2) is 37.3 Å². The van der Waals surface area contributed by atoms with E-state index in [4.69, 9.17) is 23.7 Å². The van der Waals surface area contributed by atoms with Crippen LogP contribution in [0.2, 0.25) is 0 Å². The first-order valence-electron chi connectivity index (χ1n) is 22.3. The normalized spacial score (nSPS) is 11.1. The summed E-state index contributed by atoms with van der Waals surface area (Å²) in [5.74, 6) is 0.422. The molecule has 0 saturated heterocycles. The fraction of sp³-hybridized carbons (Fsp3) is 0.259. The smallest absolute Gasteiger partial charge is 0.343 e. The van der Waals surface area contributed by atoms with Gasteiger partial charge in [-0.15, -0.1) is 0 Å². The summed E-state index contributed by atoms with van der Waals surface area (Å²) in [6, 6.07) is 40.9. The summed E-state index contributed by atoms with van der Waals surface area (Å²) < 4.78 is 28.2. The van der Waals surface area contributed by atoms with E-state index in [1.807, 2.05) is 48.5 Å². The molecule has 6 aromatic carbocycles. The number of ether oxygens (including phenoxy) is 5. The Labute approximate surface area is 381 Å². The highest BCUT2D eigenvalue weighted by Crippen LogP contribution is 2.25.